The van der Waals surface area contributed by atoms with Crippen LogP contribution in [0.3, 0.4) is 0 Å². The minimum absolute atomic E-state index is 0.439. The van der Waals surface area contributed by atoms with Crippen molar-refractivity contribution in [3.63, 3.8) is 0 Å². The van der Waals surface area contributed by atoms with E-state index >= 15 is 0 Å². The van der Waals surface area contributed by atoms with Gasteiger partial charge in [0.05, 0.1) is 0 Å². The van der Waals surface area contributed by atoms with Crippen molar-refractivity contribution in [1.29, 1.82) is 0 Å². The fourth-order valence-electron chi connectivity index (χ4n) is 0.933. The lowest BCUT2D eigenvalue weighted by Gasteiger charge is -2.17. The molecule has 0 amide bonds. The van der Waals surface area contributed by atoms with Crippen molar-refractivity contribution in [2.75, 3.05) is 5.32 Å². The molecule has 0 fully saturated rings. The molecule has 0 aliphatic rings. The van der Waals surface area contributed by atoms with Crippen LogP contribution in [0.5, 0.6) is 0 Å². The highest BCUT2D eigenvalue weighted by Crippen LogP contribution is 2.09. The standard InChI is InChI=1S/C10H17N3/c1-7(2)9(4)13-10-5-8(3)11-6-12-10/h5-7,9H,1-4H3,(H,11,12,13). The summed E-state index contributed by atoms with van der Waals surface area (Å²) in [6, 6.07) is 2.40. The maximum absolute atomic E-state index is 4.14. The molecule has 0 saturated heterocycles. The zero-order chi connectivity index (χ0) is 9.84. The maximum Gasteiger partial charge on any atom is 0.129 e. The van der Waals surface area contributed by atoms with Crippen molar-refractivity contribution in [2.45, 2.75) is 33.7 Å². The zero-order valence-electron chi connectivity index (χ0n) is 8.70. The normalized spacial score (nSPS) is 13.0. The molecule has 3 nitrogen and oxygen atoms in total. The molecule has 13 heavy (non-hydrogen) atoms. The van der Waals surface area contributed by atoms with Gasteiger partial charge in [0.25, 0.3) is 0 Å². The summed E-state index contributed by atoms with van der Waals surface area (Å²) in [7, 11) is 0. The van der Waals surface area contributed by atoms with Crippen LogP contribution in [-0.4, -0.2) is 16.0 Å². The van der Waals surface area contributed by atoms with E-state index in [2.05, 4.69) is 36.1 Å². The first-order chi connectivity index (χ1) is 6.09. The monoisotopic (exact) mass is 179 g/mol. The molecule has 1 rings (SSSR count). The van der Waals surface area contributed by atoms with E-state index in [1.165, 1.54) is 0 Å². The van der Waals surface area contributed by atoms with Gasteiger partial charge in [-0.15, -0.1) is 0 Å². The summed E-state index contributed by atoms with van der Waals surface area (Å²) < 4.78 is 0. The Morgan fingerprint density at radius 1 is 1.23 bits per heavy atom. The first-order valence-corrected chi connectivity index (χ1v) is 4.65. The van der Waals surface area contributed by atoms with Crippen molar-refractivity contribution in [1.82, 2.24) is 9.97 Å². The number of nitrogens with zero attached hydrogens (tertiary/aromatic N) is 2. The third kappa shape index (κ3) is 3.01. The lowest BCUT2D eigenvalue weighted by Crippen LogP contribution is -2.22. The molecule has 0 spiro atoms. The van der Waals surface area contributed by atoms with Crippen LogP contribution >= 0.6 is 0 Å². The van der Waals surface area contributed by atoms with Crippen molar-refractivity contribution >= 4 is 5.82 Å². The highest BCUT2D eigenvalue weighted by Gasteiger charge is 2.06. The SMILES string of the molecule is Cc1cc(NC(C)C(C)C)ncn1. The maximum atomic E-state index is 4.14. The third-order valence-corrected chi connectivity index (χ3v) is 2.18. The number of anilines is 1. The molecular weight excluding hydrogens is 162 g/mol. The van der Waals surface area contributed by atoms with E-state index in [0.29, 0.717) is 12.0 Å². The number of hydrogen-bond acceptors (Lipinski definition) is 3. The highest BCUT2D eigenvalue weighted by atomic mass is 15.0. The molecule has 1 aromatic rings. The Kier molecular flexibility index (Phi) is 3.23. The fraction of sp³-hybridized carbons (Fsp3) is 0.600. The molecule has 0 aliphatic heterocycles. The minimum atomic E-state index is 0.439. The van der Waals surface area contributed by atoms with E-state index in [1.54, 1.807) is 6.33 Å². The Bertz CT molecular complexity index is 271. The lowest BCUT2D eigenvalue weighted by atomic mass is 10.1. The van der Waals surface area contributed by atoms with E-state index in [9.17, 15) is 0 Å². The molecule has 1 N–H and O–H groups in total. The molecule has 3 heteroatoms. The molecule has 0 saturated carbocycles. The molecule has 0 bridgehead atoms. The van der Waals surface area contributed by atoms with Gasteiger partial charge in [0.15, 0.2) is 0 Å². The Morgan fingerprint density at radius 2 is 1.92 bits per heavy atom. The molecule has 1 unspecified atom stereocenters. The van der Waals surface area contributed by atoms with E-state index in [1.807, 2.05) is 13.0 Å². The molecular formula is C10H17N3. The van der Waals surface area contributed by atoms with Gasteiger partial charge in [0.2, 0.25) is 0 Å². The summed E-state index contributed by atoms with van der Waals surface area (Å²) >= 11 is 0. The predicted octanol–water partition coefficient (Wildman–Crippen LogP) is 2.24. The van der Waals surface area contributed by atoms with E-state index < -0.39 is 0 Å². The number of rotatable bonds is 3. The van der Waals surface area contributed by atoms with Crippen LogP contribution in [0.2, 0.25) is 0 Å². The van der Waals surface area contributed by atoms with Crippen LogP contribution in [0, 0.1) is 12.8 Å². The van der Waals surface area contributed by atoms with Gasteiger partial charge in [0.1, 0.15) is 12.1 Å². The van der Waals surface area contributed by atoms with Crippen LogP contribution in [0.1, 0.15) is 26.5 Å². The average molecular weight is 179 g/mol. The summed E-state index contributed by atoms with van der Waals surface area (Å²) in [6.07, 6.45) is 1.59. The molecule has 0 aromatic carbocycles. The van der Waals surface area contributed by atoms with Crippen LogP contribution in [0.25, 0.3) is 0 Å². The van der Waals surface area contributed by atoms with Crippen LogP contribution in [0.15, 0.2) is 12.4 Å². The van der Waals surface area contributed by atoms with Crippen molar-refractivity contribution in [3.8, 4) is 0 Å². The Labute approximate surface area is 79.6 Å². The number of aromatic nitrogens is 2. The second kappa shape index (κ2) is 4.21. The van der Waals surface area contributed by atoms with E-state index in [-0.39, 0.29) is 0 Å². The van der Waals surface area contributed by atoms with Gasteiger partial charge in [-0.1, -0.05) is 13.8 Å². The van der Waals surface area contributed by atoms with Gasteiger partial charge in [-0.3, -0.25) is 0 Å². The second-order valence-electron chi connectivity index (χ2n) is 3.72. The van der Waals surface area contributed by atoms with Gasteiger partial charge >= 0.3 is 0 Å². The summed E-state index contributed by atoms with van der Waals surface area (Å²) in [5.74, 6) is 1.52. The van der Waals surface area contributed by atoms with Crippen molar-refractivity contribution in [3.05, 3.63) is 18.1 Å². The molecule has 0 radical (unpaired) electrons. The Morgan fingerprint density at radius 3 is 2.46 bits per heavy atom. The summed E-state index contributed by atoms with van der Waals surface area (Å²) in [5, 5.41) is 3.33. The molecule has 1 atom stereocenters. The number of nitrogens with one attached hydrogen (secondary N) is 1. The minimum Gasteiger partial charge on any atom is -0.367 e. The van der Waals surface area contributed by atoms with Gasteiger partial charge < -0.3 is 5.32 Å². The Balaban J connectivity index is 2.64. The molecule has 1 aromatic heterocycles. The van der Waals surface area contributed by atoms with Gasteiger partial charge in [-0.05, 0) is 19.8 Å². The number of aryl methyl sites for hydroxylation is 1. The molecule has 72 valence electrons. The molecule has 1 heterocycles. The van der Waals surface area contributed by atoms with Crippen LogP contribution in [0.4, 0.5) is 5.82 Å². The fourth-order valence-corrected chi connectivity index (χ4v) is 0.933. The van der Waals surface area contributed by atoms with Crippen molar-refractivity contribution < 1.29 is 0 Å². The highest BCUT2D eigenvalue weighted by molar-refractivity contribution is 5.35. The lowest BCUT2D eigenvalue weighted by molar-refractivity contribution is 0.558. The van der Waals surface area contributed by atoms with E-state index in [0.717, 1.165) is 11.5 Å². The first kappa shape index (κ1) is 9.96. The summed E-state index contributed by atoms with van der Waals surface area (Å²) in [5.41, 5.74) is 0.994. The largest absolute Gasteiger partial charge is 0.367 e. The van der Waals surface area contributed by atoms with Gasteiger partial charge in [0, 0.05) is 17.8 Å². The second-order valence-corrected chi connectivity index (χ2v) is 3.72. The predicted molar refractivity (Wildman–Crippen MR) is 54.7 cm³/mol. The van der Waals surface area contributed by atoms with E-state index in [4.69, 9.17) is 0 Å². The smallest absolute Gasteiger partial charge is 0.129 e. The number of hydrogen-bond donors (Lipinski definition) is 1. The molecule has 0 aliphatic carbocycles. The summed E-state index contributed by atoms with van der Waals surface area (Å²) in [4.78, 5) is 8.18. The van der Waals surface area contributed by atoms with Crippen LogP contribution in [-0.2, 0) is 0 Å². The quantitative estimate of drug-likeness (QED) is 0.773. The third-order valence-electron chi connectivity index (χ3n) is 2.18. The average Bonchev–Trinajstić information content (AvgIpc) is 2.04. The zero-order valence-corrected chi connectivity index (χ0v) is 8.70. The summed E-state index contributed by atoms with van der Waals surface area (Å²) in [6.45, 7) is 8.49. The van der Waals surface area contributed by atoms with Crippen LogP contribution < -0.4 is 5.32 Å². The Hall–Kier alpha value is -1.12. The van der Waals surface area contributed by atoms with Gasteiger partial charge in [-0.2, -0.15) is 0 Å². The topological polar surface area (TPSA) is 37.8 Å². The van der Waals surface area contributed by atoms with Gasteiger partial charge in [-0.25, -0.2) is 9.97 Å². The van der Waals surface area contributed by atoms with Crippen molar-refractivity contribution in [2.24, 2.45) is 5.92 Å². The first-order valence-electron chi connectivity index (χ1n) is 4.65.